The van der Waals surface area contributed by atoms with Crippen LogP contribution in [0.1, 0.15) is 128 Å². The number of carbonyl (C=O) groups excluding carboxylic acids is 2. The first kappa shape index (κ1) is 33.2. The number of imidazole rings is 2. The second kappa shape index (κ2) is 11.6. The summed E-state index contributed by atoms with van der Waals surface area (Å²) in [6, 6.07) is 0. The molecule has 0 aliphatic heterocycles. The van der Waals surface area contributed by atoms with Gasteiger partial charge < -0.3 is 20.6 Å². The highest BCUT2D eigenvalue weighted by Crippen LogP contribution is 2.71. The molecule has 0 radical (unpaired) electrons. The summed E-state index contributed by atoms with van der Waals surface area (Å²) < 4.78 is 0. The number of aromatic nitrogens is 6. The van der Waals surface area contributed by atoms with E-state index in [1.54, 1.807) is 22.7 Å². The van der Waals surface area contributed by atoms with Gasteiger partial charge in [-0.2, -0.15) is 0 Å². The Labute approximate surface area is 313 Å². The topological polar surface area (TPSA) is 141 Å². The van der Waals surface area contributed by atoms with Crippen LogP contribution in [0.2, 0.25) is 0 Å². The number of carbonyl (C=O) groups is 2. The van der Waals surface area contributed by atoms with Crippen LogP contribution in [0.3, 0.4) is 0 Å². The van der Waals surface area contributed by atoms with Gasteiger partial charge in [0, 0.05) is 36.3 Å². The number of nitrogens with one attached hydrogen (secondary N) is 4. The van der Waals surface area contributed by atoms with E-state index in [1.165, 1.54) is 25.7 Å². The van der Waals surface area contributed by atoms with Crippen LogP contribution in [0, 0.1) is 21.7 Å². The predicted molar refractivity (Wildman–Crippen MR) is 203 cm³/mol. The van der Waals surface area contributed by atoms with Crippen molar-refractivity contribution in [2.45, 2.75) is 127 Å². The molecule has 6 aliphatic carbocycles. The Morgan fingerprint density at radius 3 is 1.35 bits per heavy atom. The third-order valence-electron chi connectivity index (χ3n) is 14.5. The molecule has 0 atom stereocenters. The molecule has 12 heteroatoms. The van der Waals surface area contributed by atoms with Gasteiger partial charge in [0.25, 0.3) is 0 Å². The molecular formula is C40H50N8O2S2. The van der Waals surface area contributed by atoms with Gasteiger partial charge in [-0.05, 0) is 114 Å². The third-order valence-corrected chi connectivity index (χ3v) is 16.7. The average Bonchev–Trinajstić information content (AvgIpc) is 3.82. The number of hydrogen-bond donors (Lipinski definition) is 4. The van der Waals surface area contributed by atoms with Gasteiger partial charge >= 0.3 is 0 Å². The lowest BCUT2D eigenvalue weighted by Gasteiger charge is -2.22. The van der Waals surface area contributed by atoms with Crippen LogP contribution in [-0.4, -0.2) is 54.8 Å². The SMILES string of the molecule is CC1(C2(C(=O)NCCCC3(c4ncc(-c5cnc(-c6ncc(-c7cnc(C8(CCCNC(=O)C9(C%10(C)CC%10)CC9)CC8)[nH]7)s6)s5)[nH]4)CC3)CC2)CC1. The highest BCUT2D eigenvalue weighted by Gasteiger charge is 2.67. The first-order chi connectivity index (χ1) is 25.1. The molecule has 52 heavy (non-hydrogen) atoms. The number of H-pyrrole nitrogens is 2. The standard InChI is InChI=1S/C40H50N8O2S2/c1-35(7-8-35)39(15-16-39)33(49)41-19-3-5-37(11-12-37)31-45-21-25(47-31)27-23-43-29(51-27)30-44-24-28(52-30)26-22-46-32(48-26)38(13-14-38)6-4-20-42-34(50)40(17-18-40)36(2)9-10-36/h21-24H,3-20H2,1-2H3,(H,41,49)(H,42,50)(H,45,47)(H,46,48). The smallest absolute Gasteiger partial charge is 0.226 e. The van der Waals surface area contributed by atoms with Crippen molar-refractivity contribution in [2.24, 2.45) is 21.7 Å². The first-order valence-corrected chi connectivity index (χ1v) is 21.3. The summed E-state index contributed by atoms with van der Waals surface area (Å²) in [5.74, 6) is 2.71. The Kier molecular flexibility index (Phi) is 7.38. The zero-order valence-electron chi connectivity index (χ0n) is 30.5. The van der Waals surface area contributed by atoms with E-state index in [4.69, 9.17) is 19.9 Å². The molecule has 0 spiro atoms. The van der Waals surface area contributed by atoms with Gasteiger partial charge in [-0.3, -0.25) is 9.59 Å². The van der Waals surface area contributed by atoms with Crippen LogP contribution in [0.15, 0.2) is 24.8 Å². The Morgan fingerprint density at radius 1 is 0.596 bits per heavy atom. The third kappa shape index (κ3) is 5.52. The van der Waals surface area contributed by atoms with E-state index in [0.717, 1.165) is 133 Å². The van der Waals surface area contributed by atoms with Gasteiger partial charge in [-0.1, -0.05) is 13.8 Å². The molecule has 4 N–H and O–H groups in total. The molecule has 274 valence electrons. The van der Waals surface area contributed by atoms with Crippen molar-refractivity contribution in [2.75, 3.05) is 13.1 Å². The number of thiazole rings is 2. The van der Waals surface area contributed by atoms with Crippen LogP contribution in [-0.2, 0) is 20.4 Å². The second-order valence-corrected chi connectivity index (χ2v) is 20.0. The Hall–Kier alpha value is -3.38. The van der Waals surface area contributed by atoms with Crippen LogP contribution in [0.25, 0.3) is 31.2 Å². The van der Waals surface area contributed by atoms with Crippen molar-refractivity contribution in [3.05, 3.63) is 36.4 Å². The molecule has 6 aliphatic rings. The maximum Gasteiger partial charge on any atom is 0.226 e. The van der Waals surface area contributed by atoms with E-state index in [0.29, 0.717) is 11.8 Å². The van der Waals surface area contributed by atoms with Gasteiger partial charge in [-0.15, -0.1) is 22.7 Å². The fourth-order valence-corrected chi connectivity index (χ4v) is 11.1. The number of rotatable bonds is 17. The van der Waals surface area contributed by atoms with E-state index in [-0.39, 0.29) is 32.5 Å². The minimum absolute atomic E-state index is 0.0639. The van der Waals surface area contributed by atoms with E-state index >= 15 is 0 Å². The molecule has 0 bridgehead atoms. The molecule has 0 aromatic carbocycles. The van der Waals surface area contributed by atoms with Crippen molar-refractivity contribution in [3.63, 3.8) is 0 Å². The fourth-order valence-electron chi connectivity index (χ4n) is 9.33. The van der Waals surface area contributed by atoms with E-state index < -0.39 is 0 Å². The summed E-state index contributed by atoms with van der Waals surface area (Å²) in [7, 11) is 0. The van der Waals surface area contributed by atoms with Crippen molar-refractivity contribution < 1.29 is 9.59 Å². The summed E-state index contributed by atoms with van der Waals surface area (Å²) >= 11 is 3.27. The molecule has 4 aromatic rings. The number of amides is 2. The lowest BCUT2D eigenvalue weighted by molar-refractivity contribution is -0.129. The van der Waals surface area contributed by atoms with Gasteiger partial charge in [0.1, 0.15) is 11.6 Å². The van der Waals surface area contributed by atoms with Gasteiger partial charge in [0.15, 0.2) is 10.0 Å². The molecule has 6 saturated carbocycles. The second-order valence-electron chi connectivity index (χ2n) is 17.9. The maximum atomic E-state index is 13.0. The normalized spacial score (nSPS) is 23.8. The number of nitrogens with zero attached hydrogens (tertiary/aromatic N) is 4. The number of hydrogen-bond acceptors (Lipinski definition) is 8. The van der Waals surface area contributed by atoms with Crippen LogP contribution in [0.4, 0.5) is 0 Å². The Bertz CT molecular complexity index is 1880. The Morgan fingerprint density at radius 2 is 1.00 bits per heavy atom. The highest BCUT2D eigenvalue weighted by molar-refractivity contribution is 7.24. The van der Waals surface area contributed by atoms with Crippen LogP contribution in [0.5, 0.6) is 0 Å². The van der Waals surface area contributed by atoms with E-state index in [1.807, 2.05) is 24.8 Å². The highest BCUT2D eigenvalue weighted by atomic mass is 32.1. The van der Waals surface area contributed by atoms with Crippen molar-refractivity contribution >= 4 is 34.5 Å². The summed E-state index contributed by atoms with van der Waals surface area (Å²) in [6.45, 7) is 6.08. The number of aromatic amines is 2. The molecule has 6 fully saturated rings. The zero-order valence-corrected chi connectivity index (χ0v) is 32.1. The van der Waals surface area contributed by atoms with Crippen LogP contribution >= 0.6 is 22.7 Å². The summed E-state index contributed by atoms with van der Waals surface area (Å²) in [5, 5.41) is 8.36. The molecule has 4 heterocycles. The van der Waals surface area contributed by atoms with Crippen molar-refractivity contribution in [3.8, 4) is 31.2 Å². The van der Waals surface area contributed by atoms with Crippen molar-refractivity contribution in [1.29, 1.82) is 0 Å². The molecule has 10 rings (SSSR count). The largest absolute Gasteiger partial charge is 0.356 e. The van der Waals surface area contributed by atoms with Crippen LogP contribution < -0.4 is 10.6 Å². The summed E-state index contributed by atoms with van der Waals surface area (Å²) in [6.07, 6.45) is 25.4. The molecular weight excluding hydrogens is 689 g/mol. The summed E-state index contributed by atoms with van der Waals surface area (Å²) in [5.41, 5.74) is 2.60. The zero-order chi connectivity index (χ0) is 35.4. The molecule has 0 saturated heterocycles. The maximum absolute atomic E-state index is 13.0. The molecule has 10 nitrogen and oxygen atoms in total. The Balaban J connectivity index is 0.723. The van der Waals surface area contributed by atoms with E-state index in [9.17, 15) is 9.59 Å². The van der Waals surface area contributed by atoms with Gasteiger partial charge in [0.2, 0.25) is 11.8 Å². The molecule has 2 amide bonds. The minimum atomic E-state index is -0.0639. The lowest BCUT2D eigenvalue weighted by atomic mass is 9.86. The van der Waals surface area contributed by atoms with E-state index in [2.05, 4.69) is 34.4 Å². The molecule has 4 aromatic heterocycles. The van der Waals surface area contributed by atoms with Crippen molar-refractivity contribution in [1.82, 2.24) is 40.5 Å². The average molecular weight is 739 g/mol. The summed E-state index contributed by atoms with van der Waals surface area (Å²) in [4.78, 5) is 54.4. The van der Waals surface area contributed by atoms with Gasteiger partial charge in [-0.25, -0.2) is 19.9 Å². The van der Waals surface area contributed by atoms with Gasteiger partial charge in [0.05, 0.1) is 44.4 Å². The first-order valence-electron chi connectivity index (χ1n) is 19.7. The lowest BCUT2D eigenvalue weighted by Crippen LogP contribution is -2.37. The quantitative estimate of drug-likeness (QED) is 0.0808. The minimum Gasteiger partial charge on any atom is -0.356 e. The monoisotopic (exact) mass is 738 g/mol. The molecule has 0 unspecified atom stereocenters. The predicted octanol–water partition coefficient (Wildman–Crippen LogP) is 8.06. The fraction of sp³-hybridized carbons (Fsp3) is 0.650.